The zero-order chi connectivity index (χ0) is 19.4. The van der Waals surface area contributed by atoms with Crippen molar-refractivity contribution in [2.75, 3.05) is 5.32 Å². The molecule has 5 nitrogen and oxygen atoms in total. The Bertz CT molecular complexity index is 995. The number of carbonyl (C=O) groups is 1. The molecule has 0 aliphatic rings. The molecule has 0 aliphatic heterocycles. The number of thiocarbonyl (C=S) groups is 1. The van der Waals surface area contributed by atoms with Gasteiger partial charge in [-0.15, -0.1) is 0 Å². The molecular formula is C21H20N2O3S. The normalized spacial score (nSPS) is 10.5. The van der Waals surface area contributed by atoms with E-state index in [4.69, 9.17) is 21.7 Å². The molecule has 1 heterocycles. The maximum absolute atomic E-state index is 12.4. The minimum absolute atomic E-state index is 0.146. The van der Waals surface area contributed by atoms with E-state index < -0.39 is 0 Å². The summed E-state index contributed by atoms with van der Waals surface area (Å²) >= 11 is 5.25. The van der Waals surface area contributed by atoms with Crippen molar-refractivity contribution in [3.05, 3.63) is 77.0 Å². The Kier molecular flexibility index (Phi) is 5.69. The zero-order valence-electron chi connectivity index (χ0n) is 15.1. The highest BCUT2D eigenvalue weighted by molar-refractivity contribution is 7.80. The largest absolute Gasteiger partial charge is 0.459 e. The third-order valence-electron chi connectivity index (χ3n) is 4.22. The predicted molar refractivity (Wildman–Crippen MR) is 110 cm³/mol. The third kappa shape index (κ3) is 4.61. The number of furan rings is 1. The lowest BCUT2D eigenvalue weighted by Crippen LogP contribution is -2.34. The minimum Gasteiger partial charge on any atom is -0.459 e. The maximum atomic E-state index is 12.4. The van der Waals surface area contributed by atoms with Crippen molar-refractivity contribution < 1.29 is 14.3 Å². The second-order valence-electron chi connectivity index (χ2n) is 6.21. The van der Waals surface area contributed by atoms with Crippen molar-refractivity contribution in [2.24, 2.45) is 0 Å². The fourth-order valence-corrected chi connectivity index (χ4v) is 2.80. The Morgan fingerprint density at radius 2 is 1.89 bits per heavy atom. The molecule has 0 bridgehead atoms. The van der Waals surface area contributed by atoms with E-state index in [1.165, 1.54) is 0 Å². The third-order valence-corrected chi connectivity index (χ3v) is 4.42. The van der Waals surface area contributed by atoms with E-state index in [1.807, 2.05) is 50.2 Å². The van der Waals surface area contributed by atoms with Gasteiger partial charge in [0.1, 0.15) is 18.1 Å². The summed E-state index contributed by atoms with van der Waals surface area (Å²) in [5.74, 6) is 0.887. The van der Waals surface area contributed by atoms with Crippen LogP contribution < -0.4 is 10.6 Å². The number of amides is 1. The molecule has 0 saturated heterocycles. The van der Waals surface area contributed by atoms with E-state index in [0.29, 0.717) is 17.1 Å². The quantitative estimate of drug-likeness (QED) is 0.592. The highest BCUT2D eigenvalue weighted by atomic mass is 32.1. The molecule has 6 heteroatoms. The van der Waals surface area contributed by atoms with Crippen LogP contribution in [-0.4, -0.2) is 16.1 Å². The van der Waals surface area contributed by atoms with Gasteiger partial charge in [-0.1, -0.05) is 18.2 Å². The van der Waals surface area contributed by atoms with Gasteiger partial charge in [0.15, 0.2) is 5.11 Å². The van der Waals surface area contributed by atoms with Crippen molar-refractivity contribution >= 4 is 28.9 Å². The van der Waals surface area contributed by atoms with Crippen LogP contribution in [0.3, 0.4) is 0 Å². The van der Waals surface area contributed by atoms with Crippen LogP contribution >= 0.6 is 12.2 Å². The summed E-state index contributed by atoms with van der Waals surface area (Å²) in [6.45, 7) is 3.82. The summed E-state index contributed by atoms with van der Waals surface area (Å²) in [4.78, 5) is 12.4. The number of aryl methyl sites for hydroxylation is 2. The van der Waals surface area contributed by atoms with Crippen LogP contribution in [0.5, 0.6) is 0 Å². The standard InChI is InChI=1S/C21H20N2O3S/c1-13-6-7-16(10-14(13)2)20(25)23-21(27)22-17-5-3-4-15(11-17)19-9-8-18(12-24)26-19/h3-11,24H,12H2,1-2H3,(H2,22,23,25,27). The average molecular weight is 380 g/mol. The van der Waals surface area contributed by atoms with Crippen molar-refractivity contribution in [1.82, 2.24) is 5.32 Å². The van der Waals surface area contributed by atoms with Gasteiger partial charge in [-0.2, -0.15) is 0 Å². The Morgan fingerprint density at radius 1 is 1.07 bits per heavy atom. The van der Waals surface area contributed by atoms with Gasteiger partial charge in [0.05, 0.1) is 0 Å². The van der Waals surface area contributed by atoms with Gasteiger partial charge in [-0.25, -0.2) is 0 Å². The van der Waals surface area contributed by atoms with Gasteiger partial charge in [0.25, 0.3) is 5.91 Å². The number of carbonyl (C=O) groups excluding carboxylic acids is 1. The van der Waals surface area contributed by atoms with Gasteiger partial charge in [-0.3, -0.25) is 10.1 Å². The summed E-state index contributed by atoms with van der Waals surface area (Å²) in [5.41, 5.74) is 4.30. The first-order valence-corrected chi connectivity index (χ1v) is 8.86. The highest BCUT2D eigenvalue weighted by Gasteiger charge is 2.10. The fourth-order valence-electron chi connectivity index (χ4n) is 2.59. The van der Waals surface area contributed by atoms with E-state index in [2.05, 4.69) is 10.6 Å². The van der Waals surface area contributed by atoms with Crippen LogP contribution in [0.1, 0.15) is 27.2 Å². The highest BCUT2D eigenvalue weighted by Crippen LogP contribution is 2.25. The number of hydrogen-bond acceptors (Lipinski definition) is 4. The van der Waals surface area contributed by atoms with Gasteiger partial charge in [-0.05, 0) is 73.6 Å². The average Bonchev–Trinajstić information content (AvgIpc) is 3.13. The summed E-state index contributed by atoms with van der Waals surface area (Å²) in [5, 5.41) is 15.0. The molecule has 0 atom stereocenters. The Morgan fingerprint density at radius 3 is 2.59 bits per heavy atom. The molecule has 0 radical (unpaired) electrons. The summed E-state index contributed by atoms with van der Waals surface area (Å²) in [6.07, 6.45) is 0. The number of aliphatic hydroxyl groups is 1. The second-order valence-corrected chi connectivity index (χ2v) is 6.62. The number of aliphatic hydroxyl groups excluding tert-OH is 1. The van der Waals surface area contributed by atoms with Crippen LogP contribution in [0.2, 0.25) is 0 Å². The SMILES string of the molecule is Cc1ccc(C(=O)NC(=S)Nc2cccc(-c3ccc(CO)o3)c2)cc1C. The molecule has 0 saturated carbocycles. The van der Waals surface area contributed by atoms with E-state index >= 15 is 0 Å². The first-order chi connectivity index (χ1) is 13.0. The summed E-state index contributed by atoms with van der Waals surface area (Å²) in [7, 11) is 0. The predicted octanol–water partition coefficient (Wildman–Crippen LogP) is 4.18. The van der Waals surface area contributed by atoms with Crippen LogP contribution in [0.25, 0.3) is 11.3 Å². The summed E-state index contributed by atoms with van der Waals surface area (Å²) < 4.78 is 5.54. The zero-order valence-corrected chi connectivity index (χ0v) is 15.9. The van der Waals surface area contributed by atoms with E-state index in [0.717, 1.165) is 22.4 Å². The van der Waals surface area contributed by atoms with Crippen LogP contribution in [0.4, 0.5) is 5.69 Å². The topological polar surface area (TPSA) is 74.5 Å². The molecule has 0 aliphatic carbocycles. The van der Waals surface area contributed by atoms with Gasteiger partial charge < -0.3 is 14.8 Å². The number of hydrogen-bond donors (Lipinski definition) is 3. The monoisotopic (exact) mass is 380 g/mol. The fraction of sp³-hybridized carbons (Fsp3) is 0.143. The lowest BCUT2D eigenvalue weighted by molar-refractivity contribution is 0.0977. The number of benzene rings is 2. The van der Waals surface area contributed by atoms with E-state index in [1.54, 1.807) is 18.2 Å². The molecule has 0 fully saturated rings. The van der Waals surface area contributed by atoms with Crippen LogP contribution in [0, 0.1) is 13.8 Å². The number of rotatable bonds is 4. The van der Waals surface area contributed by atoms with Gasteiger partial charge >= 0.3 is 0 Å². The van der Waals surface area contributed by atoms with Crippen molar-refractivity contribution in [1.29, 1.82) is 0 Å². The first-order valence-electron chi connectivity index (χ1n) is 8.46. The Hall–Kier alpha value is -2.96. The molecule has 1 aromatic heterocycles. The van der Waals surface area contributed by atoms with E-state index in [-0.39, 0.29) is 17.6 Å². The Labute approximate surface area is 163 Å². The lowest BCUT2D eigenvalue weighted by atomic mass is 10.1. The molecule has 3 N–H and O–H groups in total. The molecular weight excluding hydrogens is 360 g/mol. The summed E-state index contributed by atoms with van der Waals surface area (Å²) in [6, 6.07) is 16.5. The van der Waals surface area contributed by atoms with Crippen molar-refractivity contribution in [3.8, 4) is 11.3 Å². The molecule has 1 amide bonds. The second kappa shape index (κ2) is 8.16. The molecule has 27 heavy (non-hydrogen) atoms. The maximum Gasteiger partial charge on any atom is 0.257 e. The molecule has 3 rings (SSSR count). The van der Waals surface area contributed by atoms with E-state index in [9.17, 15) is 4.79 Å². The number of nitrogens with one attached hydrogen (secondary N) is 2. The van der Waals surface area contributed by atoms with Gasteiger partial charge in [0, 0.05) is 16.8 Å². The molecule has 0 unspecified atom stereocenters. The van der Waals surface area contributed by atoms with Crippen LogP contribution in [-0.2, 0) is 6.61 Å². The molecule has 3 aromatic rings. The molecule has 138 valence electrons. The van der Waals surface area contributed by atoms with Crippen molar-refractivity contribution in [3.63, 3.8) is 0 Å². The number of anilines is 1. The first kappa shape index (κ1) is 18.8. The minimum atomic E-state index is -0.259. The van der Waals surface area contributed by atoms with Crippen LogP contribution in [0.15, 0.2) is 59.0 Å². The molecule has 0 spiro atoms. The lowest BCUT2D eigenvalue weighted by Gasteiger charge is -2.11. The van der Waals surface area contributed by atoms with Crippen molar-refractivity contribution in [2.45, 2.75) is 20.5 Å². The molecule has 2 aromatic carbocycles. The smallest absolute Gasteiger partial charge is 0.257 e. The Balaban J connectivity index is 1.67. The van der Waals surface area contributed by atoms with Gasteiger partial charge in [0.2, 0.25) is 0 Å².